The molecule has 8 nitrogen and oxygen atoms in total. The van der Waals surface area contributed by atoms with Crippen molar-refractivity contribution < 1.29 is 9.32 Å². The van der Waals surface area contributed by atoms with Crippen molar-refractivity contribution in [3.8, 4) is 22.8 Å². The maximum Gasteiger partial charge on any atom is 0.287 e. The van der Waals surface area contributed by atoms with Crippen molar-refractivity contribution in [2.75, 3.05) is 0 Å². The second kappa shape index (κ2) is 7.51. The van der Waals surface area contributed by atoms with E-state index < -0.39 is 0 Å². The lowest BCUT2D eigenvalue weighted by molar-refractivity contribution is 0.0931. The van der Waals surface area contributed by atoms with Crippen LogP contribution in [0.4, 0.5) is 0 Å². The minimum absolute atomic E-state index is 0.0793. The first kappa shape index (κ1) is 19.3. The van der Waals surface area contributed by atoms with Gasteiger partial charge < -0.3 is 19.8 Å². The van der Waals surface area contributed by atoms with Crippen molar-refractivity contribution in [2.45, 2.75) is 26.8 Å². The van der Waals surface area contributed by atoms with Gasteiger partial charge >= 0.3 is 0 Å². The van der Waals surface area contributed by atoms with Gasteiger partial charge in [-0.15, -0.1) is 11.3 Å². The molecule has 1 atom stereocenters. The van der Waals surface area contributed by atoms with E-state index in [1.165, 1.54) is 0 Å². The molecular formula is C22H20N6O2S. The molecule has 0 fully saturated rings. The quantitative estimate of drug-likeness (QED) is 0.370. The van der Waals surface area contributed by atoms with Crippen LogP contribution in [-0.2, 0) is 0 Å². The first-order chi connectivity index (χ1) is 15.0. The molecule has 0 spiro atoms. The highest BCUT2D eigenvalue weighted by atomic mass is 32.1. The van der Waals surface area contributed by atoms with E-state index in [0.717, 1.165) is 38.4 Å². The van der Waals surface area contributed by atoms with E-state index in [1.807, 2.05) is 55.6 Å². The molecule has 0 radical (unpaired) electrons. The fourth-order valence-corrected chi connectivity index (χ4v) is 4.26. The van der Waals surface area contributed by atoms with Crippen molar-refractivity contribution in [1.29, 1.82) is 0 Å². The van der Waals surface area contributed by atoms with Crippen LogP contribution in [0.1, 0.15) is 40.0 Å². The molecule has 0 aliphatic heterocycles. The Bertz CT molecular complexity index is 1380. The monoisotopic (exact) mass is 432 g/mol. The Morgan fingerprint density at radius 3 is 2.77 bits per heavy atom. The summed E-state index contributed by atoms with van der Waals surface area (Å²) in [6.07, 6.45) is 0. The summed E-state index contributed by atoms with van der Waals surface area (Å²) in [6, 6.07) is 11.8. The van der Waals surface area contributed by atoms with Crippen LogP contribution in [0.2, 0.25) is 0 Å². The van der Waals surface area contributed by atoms with Crippen molar-refractivity contribution in [2.24, 2.45) is 0 Å². The Labute approximate surface area is 181 Å². The average molecular weight is 433 g/mol. The summed E-state index contributed by atoms with van der Waals surface area (Å²) in [4.78, 5) is 29.0. The summed E-state index contributed by atoms with van der Waals surface area (Å²) >= 11 is 1.61. The molecule has 4 aromatic heterocycles. The summed E-state index contributed by atoms with van der Waals surface area (Å²) in [7, 11) is 0. The van der Waals surface area contributed by atoms with Crippen molar-refractivity contribution >= 4 is 28.1 Å². The number of benzene rings is 1. The number of aryl methyl sites for hydroxylation is 2. The highest BCUT2D eigenvalue weighted by Crippen LogP contribution is 2.29. The SMILES string of the molecule is Cc1noc(-c2cc3cc(-c4nc(C(=O)NC(C)c5cccs5)[nH]c4C)ccc3[nH]2)n1. The molecule has 3 N–H and O–H groups in total. The molecule has 0 saturated heterocycles. The van der Waals surface area contributed by atoms with Crippen LogP contribution in [0.5, 0.6) is 0 Å². The zero-order chi connectivity index (χ0) is 21.5. The number of carbonyl (C=O) groups excluding carboxylic acids is 1. The van der Waals surface area contributed by atoms with Crippen LogP contribution in [0.25, 0.3) is 33.7 Å². The van der Waals surface area contributed by atoms with Crippen LogP contribution < -0.4 is 5.32 Å². The minimum atomic E-state index is -0.230. The number of hydrogen-bond donors (Lipinski definition) is 3. The summed E-state index contributed by atoms with van der Waals surface area (Å²) in [5, 5.41) is 9.82. The van der Waals surface area contributed by atoms with Gasteiger partial charge in [-0.25, -0.2) is 4.98 Å². The van der Waals surface area contributed by atoms with Gasteiger partial charge in [0.2, 0.25) is 0 Å². The van der Waals surface area contributed by atoms with Gasteiger partial charge in [-0.1, -0.05) is 17.3 Å². The predicted octanol–water partition coefficient (Wildman–Crippen LogP) is 4.78. The number of amides is 1. The van der Waals surface area contributed by atoms with E-state index in [9.17, 15) is 4.79 Å². The highest BCUT2D eigenvalue weighted by molar-refractivity contribution is 7.10. The van der Waals surface area contributed by atoms with Gasteiger partial charge in [0, 0.05) is 27.0 Å². The van der Waals surface area contributed by atoms with Gasteiger partial charge in [-0.3, -0.25) is 4.79 Å². The third-order valence-electron chi connectivity index (χ3n) is 5.07. The largest absolute Gasteiger partial charge is 0.351 e. The van der Waals surface area contributed by atoms with E-state index in [2.05, 4.69) is 30.4 Å². The van der Waals surface area contributed by atoms with Crippen LogP contribution >= 0.6 is 11.3 Å². The Morgan fingerprint density at radius 2 is 2.03 bits per heavy atom. The molecule has 1 unspecified atom stereocenters. The lowest BCUT2D eigenvalue weighted by Crippen LogP contribution is -2.27. The predicted molar refractivity (Wildman–Crippen MR) is 119 cm³/mol. The Morgan fingerprint density at radius 1 is 1.16 bits per heavy atom. The number of H-pyrrole nitrogens is 2. The first-order valence-electron chi connectivity index (χ1n) is 9.82. The van der Waals surface area contributed by atoms with Gasteiger partial charge in [-0.05, 0) is 50.4 Å². The number of rotatable bonds is 5. The number of aromatic amines is 2. The van der Waals surface area contributed by atoms with Gasteiger partial charge in [0.1, 0.15) is 5.69 Å². The molecule has 31 heavy (non-hydrogen) atoms. The number of carbonyl (C=O) groups is 1. The Balaban J connectivity index is 1.42. The molecular weight excluding hydrogens is 412 g/mol. The maximum atomic E-state index is 12.7. The summed E-state index contributed by atoms with van der Waals surface area (Å²) in [5.41, 5.74) is 4.20. The molecule has 0 bridgehead atoms. The number of fused-ring (bicyclic) bond motifs is 1. The van der Waals surface area contributed by atoms with Gasteiger partial charge in [0.05, 0.1) is 11.7 Å². The molecule has 5 aromatic rings. The first-order valence-corrected chi connectivity index (χ1v) is 10.7. The highest BCUT2D eigenvalue weighted by Gasteiger charge is 2.18. The van der Waals surface area contributed by atoms with Crippen molar-refractivity contribution in [3.05, 3.63) is 64.0 Å². The number of hydrogen-bond acceptors (Lipinski definition) is 6. The lowest BCUT2D eigenvalue weighted by Gasteiger charge is -2.10. The van der Waals surface area contributed by atoms with Gasteiger partial charge in [-0.2, -0.15) is 4.98 Å². The zero-order valence-electron chi connectivity index (χ0n) is 17.2. The van der Waals surface area contributed by atoms with Crippen LogP contribution in [0.15, 0.2) is 46.3 Å². The van der Waals surface area contributed by atoms with E-state index in [-0.39, 0.29) is 11.9 Å². The van der Waals surface area contributed by atoms with Gasteiger partial charge in [0.15, 0.2) is 11.6 Å². The van der Waals surface area contributed by atoms with Crippen LogP contribution in [0.3, 0.4) is 0 Å². The van der Waals surface area contributed by atoms with Crippen LogP contribution in [0, 0.1) is 13.8 Å². The molecule has 156 valence electrons. The minimum Gasteiger partial charge on any atom is -0.351 e. The second-order valence-electron chi connectivity index (χ2n) is 7.40. The number of imidazole rings is 1. The molecule has 1 amide bonds. The van der Waals surface area contributed by atoms with Crippen molar-refractivity contribution in [1.82, 2.24) is 30.4 Å². The van der Waals surface area contributed by atoms with E-state index in [1.54, 1.807) is 18.3 Å². The molecule has 4 heterocycles. The van der Waals surface area contributed by atoms with Gasteiger partial charge in [0.25, 0.3) is 11.8 Å². The van der Waals surface area contributed by atoms with E-state index in [4.69, 9.17) is 4.52 Å². The fraction of sp³-hybridized carbons (Fsp3) is 0.182. The molecule has 1 aromatic carbocycles. The van der Waals surface area contributed by atoms with E-state index >= 15 is 0 Å². The molecule has 0 aliphatic rings. The van der Waals surface area contributed by atoms with Crippen molar-refractivity contribution in [3.63, 3.8) is 0 Å². The molecule has 0 saturated carbocycles. The maximum absolute atomic E-state index is 12.7. The summed E-state index contributed by atoms with van der Waals surface area (Å²) in [6.45, 7) is 5.65. The molecule has 5 rings (SSSR count). The number of aromatic nitrogens is 5. The molecule has 9 heteroatoms. The average Bonchev–Trinajstić information content (AvgIpc) is 3.53. The number of nitrogens with zero attached hydrogens (tertiary/aromatic N) is 3. The number of thiophene rings is 1. The third-order valence-corrected chi connectivity index (χ3v) is 6.12. The third kappa shape index (κ3) is 3.64. The number of nitrogens with one attached hydrogen (secondary N) is 3. The summed E-state index contributed by atoms with van der Waals surface area (Å²) in [5.74, 6) is 1.10. The smallest absolute Gasteiger partial charge is 0.287 e. The van der Waals surface area contributed by atoms with Crippen LogP contribution in [-0.4, -0.2) is 31.0 Å². The Kier molecular flexibility index (Phi) is 4.67. The zero-order valence-corrected chi connectivity index (χ0v) is 18.0. The normalized spacial score (nSPS) is 12.4. The van der Waals surface area contributed by atoms with E-state index in [0.29, 0.717) is 17.5 Å². The lowest BCUT2D eigenvalue weighted by atomic mass is 10.1. The fourth-order valence-electron chi connectivity index (χ4n) is 3.52. The standard InChI is InChI=1S/C22H20N6O2S/c1-11(18-5-4-8-31-18)24-21(29)20-23-12(2)19(27-20)14-6-7-16-15(9-14)10-17(26-16)22-25-13(3)28-30-22/h4-11,26H,1-3H3,(H,23,27)(H,24,29). The topological polar surface area (TPSA) is 112 Å². The second-order valence-corrected chi connectivity index (χ2v) is 8.38. The molecule has 0 aliphatic carbocycles. The summed E-state index contributed by atoms with van der Waals surface area (Å²) < 4.78 is 5.25. The Hall–Kier alpha value is -3.72.